The molecular formula is C15H31N3. The molecule has 0 saturated heterocycles. The molecular weight excluding hydrogens is 222 g/mol. The maximum atomic E-state index is 4.32. The summed E-state index contributed by atoms with van der Waals surface area (Å²) in [6, 6.07) is 0.487. The molecule has 0 aliphatic heterocycles. The van der Waals surface area contributed by atoms with E-state index in [-0.39, 0.29) is 0 Å². The summed E-state index contributed by atoms with van der Waals surface area (Å²) in [7, 11) is 3.79. The molecule has 1 unspecified atom stereocenters. The average Bonchev–Trinajstić information content (AvgIpc) is 2.38. The van der Waals surface area contributed by atoms with Crippen molar-refractivity contribution in [3.63, 3.8) is 0 Å². The maximum Gasteiger partial charge on any atom is 0.132 e. The number of hydrogen-bond acceptors (Lipinski definition) is 1. The molecule has 0 heterocycles. The van der Waals surface area contributed by atoms with E-state index in [1.54, 1.807) is 13.4 Å². The largest absolute Gasteiger partial charge is 0.357 e. The molecule has 3 nitrogen and oxygen atoms in total. The number of likely N-dealkylation sites (N-methyl/N-ethyl adjacent to an activating group) is 1. The number of hydrogen-bond donors (Lipinski definition) is 0. The highest BCUT2D eigenvalue weighted by molar-refractivity contribution is 6.01. The first kappa shape index (κ1) is 19.2. The van der Waals surface area contributed by atoms with Crippen LogP contribution in [-0.2, 0) is 0 Å². The fraction of sp³-hybridized carbons (Fsp3) is 0.733. The van der Waals surface area contributed by atoms with Gasteiger partial charge < -0.3 is 4.90 Å². The predicted molar refractivity (Wildman–Crippen MR) is 84.8 cm³/mol. The van der Waals surface area contributed by atoms with E-state index in [1.165, 1.54) is 19.3 Å². The van der Waals surface area contributed by atoms with Crippen LogP contribution < -0.4 is 0 Å². The lowest BCUT2D eigenvalue weighted by molar-refractivity contribution is 0.361. The summed E-state index contributed by atoms with van der Waals surface area (Å²) in [5, 5.41) is 0. The Labute approximate surface area is 114 Å². The first-order valence-corrected chi connectivity index (χ1v) is 6.91. The minimum atomic E-state index is 0.487. The molecule has 18 heavy (non-hydrogen) atoms. The molecule has 0 fully saturated rings. The van der Waals surface area contributed by atoms with Crippen LogP contribution in [0.3, 0.4) is 0 Å². The van der Waals surface area contributed by atoms with Gasteiger partial charge in [0.1, 0.15) is 12.2 Å². The van der Waals surface area contributed by atoms with Crippen LogP contribution in [0.15, 0.2) is 22.1 Å². The highest BCUT2D eigenvalue weighted by atomic mass is 15.2. The van der Waals surface area contributed by atoms with E-state index in [0.717, 1.165) is 11.4 Å². The van der Waals surface area contributed by atoms with Gasteiger partial charge in [-0.3, -0.25) is 4.99 Å². The fourth-order valence-electron chi connectivity index (χ4n) is 1.52. The molecule has 0 aromatic heterocycles. The van der Waals surface area contributed by atoms with Crippen molar-refractivity contribution in [3.8, 4) is 0 Å². The summed E-state index contributed by atoms with van der Waals surface area (Å²) in [5.41, 5.74) is 0.978. The quantitative estimate of drug-likeness (QED) is 0.516. The highest BCUT2D eigenvalue weighted by Gasteiger charge is 2.13. The van der Waals surface area contributed by atoms with Gasteiger partial charge in [0.2, 0.25) is 0 Å². The number of rotatable bonds is 6. The van der Waals surface area contributed by atoms with Crippen LogP contribution in [0.5, 0.6) is 0 Å². The van der Waals surface area contributed by atoms with Gasteiger partial charge in [-0.05, 0) is 25.8 Å². The number of aliphatic imine (C=N–C) groups is 2. The minimum absolute atomic E-state index is 0.487. The summed E-state index contributed by atoms with van der Waals surface area (Å²) in [6.45, 7) is 14.4. The molecule has 0 spiro atoms. The lowest BCUT2D eigenvalue weighted by Gasteiger charge is -2.28. The molecule has 106 valence electrons. The smallest absolute Gasteiger partial charge is 0.132 e. The summed E-state index contributed by atoms with van der Waals surface area (Å²) >= 11 is 0. The summed E-state index contributed by atoms with van der Waals surface area (Å²) in [5.74, 6) is 0.925. The molecule has 0 aliphatic rings. The third-order valence-corrected chi connectivity index (χ3v) is 2.65. The van der Waals surface area contributed by atoms with E-state index in [1.807, 2.05) is 20.8 Å². The second-order valence-electron chi connectivity index (χ2n) is 4.21. The van der Waals surface area contributed by atoms with E-state index in [9.17, 15) is 0 Å². The van der Waals surface area contributed by atoms with Gasteiger partial charge in [0.05, 0.1) is 0 Å². The van der Waals surface area contributed by atoms with E-state index in [4.69, 9.17) is 0 Å². The van der Waals surface area contributed by atoms with Crippen molar-refractivity contribution < 1.29 is 0 Å². The van der Waals surface area contributed by atoms with Crippen LogP contribution in [0.2, 0.25) is 0 Å². The molecule has 0 amide bonds. The first-order chi connectivity index (χ1) is 8.54. The third kappa shape index (κ3) is 8.04. The van der Waals surface area contributed by atoms with Crippen LogP contribution in [0, 0.1) is 0 Å². The molecule has 0 rings (SSSR count). The number of amidine groups is 1. The zero-order chi connectivity index (χ0) is 14.6. The Bertz CT molecular complexity index is 267. The molecule has 0 aromatic carbocycles. The Kier molecular flexibility index (Phi) is 13.2. The molecule has 0 aliphatic carbocycles. The van der Waals surface area contributed by atoms with Gasteiger partial charge in [-0.2, -0.15) is 0 Å². The summed E-state index contributed by atoms with van der Waals surface area (Å²) in [4.78, 5) is 10.4. The van der Waals surface area contributed by atoms with Crippen LogP contribution in [-0.4, -0.2) is 37.2 Å². The van der Waals surface area contributed by atoms with Crippen molar-refractivity contribution >= 4 is 12.2 Å². The van der Waals surface area contributed by atoms with Gasteiger partial charge in [-0.1, -0.05) is 40.2 Å². The monoisotopic (exact) mass is 253 g/mol. The second-order valence-corrected chi connectivity index (χ2v) is 4.21. The first-order valence-electron chi connectivity index (χ1n) is 6.91. The minimum Gasteiger partial charge on any atom is -0.357 e. The fourth-order valence-corrected chi connectivity index (χ4v) is 1.52. The van der Waals surface area contributed by atoms with Gasteiger partial charge in [0.15, 0.2) is 0 Å². The lowest BCUT2D eigenvalue weighted by atomic mass is 10.1. The zero-order valence-electron chi connectivity index (χ0n) is 13.3. The predicted octanol–water partition coefficient (Wildman–Crippen LogP) is 4.16. The summed E-state index contributed by atoms with van der Waals surface area (Å²) < 4.78 is 0. The average molecular weight is 253 g/mol. The Balaban J connectivity index is 0. The van der Waals surface area contributed by atoms with E-state index >= 15 is 0 Å². The van der Waals surface area contributed by atoms with Gasteiger partial charge in [-0.25, -0.2) is 4.99 Å². The van der Waals surface area contributed by atoms with E-state index < -0.39 is 0 Å². The van der Waals surface area contributed by atoms with Crippen molar-refractivity contribution in [2.24, 2.45) is 9.98 Å². The molecule has 0 aromatic rings. The van der Waals surface area contributed by atoms with Crippen molar-refractivity contribution in [2.45, 2.75) is 59.9 Å². The number of unbranched alkanes of at least 4 members (excludes halogenated alkanes) is 1. The van der Waals surface area contributed by atoms with Crippen LogP contribution in [0.1, 0.15) is 53.9 Å². The second kappa shape index (κ2) is 12.3. The molecule has 0 radical (unpaired) electrons. The topological polar surface area (TPSA) is 28.0 Å². The van der Waals surface area contributed by atoms with Crippen molar-refractivity contribution in [2.75, 3.05) is 14.1 Å². The Morgan fingerprint density at radius 3 is 2.33 bits per heavy atom. The highest BCUT2D eigenvalue weighted by Crippen LogP contribution is 2.10. The Hall–Kier alpha value is -1.12. The van der Waals surface area contributed by atoms with Crippen LogP contribution >= 0.6 is 0 Å². The molecule has 3 heteroatoms. The van der Waals surface area contributed by atoms with Crippen molar-refractivity contribution in [1.29, 1.82) is 0 Å². The van der Waals surface area contributed by atoms with Crippen molar-refractivity contribution in [1.82, 2.24) is 4.90 Å². The lowest BCUT2D eigenvalue weighted by Crippen LogP contribution is -2.35. The van der Waals surface area contributed by atoms with Crippen LogP contribution in [0.4, 0.5) is 0 Å². The Morgan fingerprint density at radius 1 is 1.39 bits per heavy atom. The normalized spacial score (nSPS) is 12.9. The van der Waals surface area contributed by atoms with Gasteiger partial charge >= 0.3 is 0 Å². The number of nitrogens with zero attached hydrogens (tertiary/aromatic N) is 3. The van der Waals surface area contributed by atoms with Crippen LogP contribution in [0.25, 0.3) is 0 Å². The van der Waals surface area contributed by atoms with Crippen molar-refractivity contribution in [3.05, 3.63) is 12.2 Å². The maximum absolute atomic E-state index is 4.32. The summed E-state index contributed by atoms with van der Waals surface area (Å²) in [6.07, 6.45) is 5.24. The SMILES string of the molecule is C=C(C)C(=NC=NC)N(C)C(C)CCCC.CC. The standard InChI is InChI=1S/C13H25N3.C2H6/c1-7-8-9-12(4)16(6)13(11(2)3)15-10-14-5;1-2/h10,12H,2,7-9H2,1,3-6H3;1-2H3. The molecule has 0 saturated carbocycles. The third-order valence-electron chi connectivity index (χ3n) is 2.65. The van der Waals surface area contributed by atoms with Gasteiger partial charge in [0, 0.05) is 20.1 Å². The molecule has 0 bridgehead atoms. The van der Waals surface area contributed by atoms with Gasteiger partial charge in [-0.15, -0.1) is 0 Å². The Morgan fingerprint density at radius 2 is 1.94 bits per heavy atom. The molecule has 1 atom stereocenters. The molecule has 0 N–H and O–H groups in total. The zero-order valence-corrected chi connectivity index (χ0v) is 13.3. The van der Waals surface area contributed by atoms with Gasteiger partial charge in [0.25, 0.3) is 0 Å². The van der Waals surface area contributed by atoms with E-state index in [0.29, 0.717) is 6.04 Å². The van der Waals surface area contributed by atoms with E-state index in [2.05, 4.69) is 42.4 Å².